The van der Waals surface area contributed by atoms with Crippen LogP contribution in [0.5, 0.6) is 0 Å². The minimum Gasteiger partial charge on any atom is -0.354 e. The lowest BCUT2D eigenvalue weighted by molar-refractivity contribution is -0.122. The number of amides is 1. The van der Waals surface area contributed by atoms with E-state index in [1.165, 1.54) is 15.3 Å². The van der Waals surface area contributed by atoms with E-state index in [0.717, 1.165) is 35.6 Å². The lowest BCUT2D eigenvalue weighted by atomic mass is 9.98. The second kappa shape index (κ2) is 10.3. The number of nitrogens with zero attached hydrogens (tertiary/aromatic N) is 2. The van der Waals surface area contributed by atoms with Gasteiger partial charge in [-0.15, -0.1) is 22.7 Å². The third-order valence-electron chi connectivity index (χ3n) is 5.19. The Morgan fingerprint density at radius 3 is 2.93 bits per heavy atom. The number of carbonyl (C=O) groups excluding carboxylic acids is 1. The van der Waals surface area contributed by atoms with E-state index in [1.54, 1.807) is 23.1 Å². The van der Waals surface area contributed by atoms with Crippen LogP contribution in [0, 0.1) is 11.3 Å². The zero-order valence-electron chi connectivity index (χ0n) is 16.5. The van der Waals surface area contributed by atoms with E-state index < -0.39 is 0 Å². The number of rotatable bonds is 8. The number of thioether (sulfide) groups is 1. The Kier molecular flexibility index (Phi) is 7.24. The van der Waals surface area contributed by atoms with Crippen LogP contribution in [0.4, 0.5) is 0 Å². The van der Waals surface area contributed by atoms with Crippen molar-refractivity contribution in [2.75, 3.05) is 25.4 Å². The quantitative estimate of drug-likeness (QED) is 0.503. The molecule has 3 heterocycles. The molecule has 30 heavy (non-hydrogen) atoms. The fraction of sp³-hybridized carbons (Fsp3) is 0.304. The highest BCUT2D eigenvalue weighted by Crippen LogP contribution is 2.39. The van der Waals surface area contributed by atoms with Crippen molar-refractivity contribution in [3.8, 4) is 6.07 Å². The highest BCUT2D eigenvalue weighted by atomic mass is 32.2. The molecule has 1 amide bonds. The Bertz CT molecular complexity index is 1020. The number of fused-ring (bicyclic) bond motifs is 1. The first-order valence-corrected chi connectivity index (χ1v) is 12.8. The van der Waals surface area contributed by atoms with E-state index in [-0.39, 0.29) is 11.9 Å². The molecule has 0 saturated heterocycles. The fourth-order valence-corrected chi connectivity index (χ4v) is 6.40. The van der Waals surface area contributed by atoms with Crippen molar-refractivity contribution in [1.82, 2.24) is 10.2 Å². The fourth-order valence-electron chi connectivity index (χ4n) is 3.76. The summed E-state index contributed by atoms with van der Waals surface area (Å²) in [6.45, 7) is 1.96. The summed E-state index contributed by atoms with van der Waals surface area (Å²) in [5.41, 5.74) is 3.13. The summed E-state index contributed by atoms with van der Waals surface area (Å²) in [5.74, 6) is 1.69. The van der Waals surface area contributed by atoms with Crippen LogP contribution in [0.2, 0.25) is 0 Å². The second-order valence-corrected chi connectivity index (χ2v) is 10.2. The molecule has 1 aliphatic rings. The summed E-state index contributed by atoms with van der Waals surface area (Å²) in [6.07, 6.45) is 1.01. The van der Waals surface area contributed by atoms with Crippen LogP contribution >= 0.6 is 34.4 Å². The van der Waals surface area contributed by atoms with E-state index in [1.807, 2.05) is 35.6 Å². The molecule has 1 N–H and O–H groups in total. The van der Waals surface area contributed by atoms with Crippen molar-refractivity contribution in [2.24, 2.45) is 0 Å². The molecule has 4 nitrogen and oxygen atoms in total. The molecule has 0 saturated carbocycles. The van der Waals surface area contributed by atoms with E-state index in [4.69, 9.17) is 5.26 Å². The summed E-state index contributed by atoms with van der Waals surface area (Å²) < 4.78 is 0. The molecule has 1 unspecified atom stereocenters. The van der Waals surface area contributed by atoms with Gasteiger partial charge in [-0.3, -0.25) is 9.69 Å². The van der Waals surface area contributed by atoms with E-state index in [9.17, 15) is 4.79 Å². The number of nitriles is 1. The average molecular weight is 454 g/mol. The first-order chi connectivity index (χ1) is 14.8. The molecular formula is C23H23N3OS3. The maximum Gasteiger partial charge on any atom is 0.234 e. The maximum atomic E-state index is 12.6. The van der Waals surface area contributed by atoms with Crippen molar-refractivity contribution in [3.05, 3.63) is 79.7 Å². The van der Waals surface area contributed by atoms with Crippen molar-refractivity contribution >= 4 is 40.3 Å². The first kappa shape index (κ1) is 21.1. The number of carbonyl (C=O) groups is 1. The standard InChI is InChI=1S/C23H23N3OS3/c24-14-17-4-1-2-5-18(17)16-28-13-9-25-22(27)15-26-10-7-20-19(8-12-30-20)23(26)21-6-3-11-29-21/h1-6,8,11-12,23H,7,9-10,13,15-16H2,(H,25,27). The summed E-state index contributed by atoms with van der Waals surface area (Å²) >= 11 is 5.32. The van der Waals surface area contributed by atoms with Gasteiger partial charge in [-0.1, -0.05) is 24.3 Å². The van der Waals surface area contributed by atoms with E-state index >= 15 is 0 Å². The molecule has 4 rings (SSSR count). The molecular weight excluding hydrogens is 430 g/mol. The largest absolute Gasteiger partial charge is 0.354 e. The Labute approximate surface area is 189 Å². The number of hydrogen-bond donors (Lipinski definition) is 1. The SMILES string of the molecule is N#Cc1ccccc1CSCCNC(=O)CN1CCc2sccc2C1c1cccs1. The number of hydrogen-bond acceptors (Lipinski definition) is 6. The third kappa shape index (κ3) is 4.96. The maximum absolute atomic E-state index is 12.6. The van der Waals surface area contributed by atoms with Gasteiger partial charge in [-0.2, -0.15) is 17.0 Å². The van der Waals surface area contributed by atoms with Crippen LogP contribution in [0.25, 0.3) is 0 Å². The normalized spacial score (nSPS) is 16.0. The van der Waals surface area contributed by atoms with Gasteiger partial charge in [-0.05, 0) is 46.5 Å². The van der Waals surface area contributed by atoms with Crippen LogP contribution in [-0.4, -0.2) is 36.2 Å². The van der Waals surface area contributed by atoms with Gasteiger partial charge in [0, 0.05) is 34.3 Å². The van der Waals surface area contributed by atoms with Gasteiger partial charge in [0.1, 0.15) is 0 Å². The Morgan fingerprint density at radius 1 is 1.20 bits per heavy atom. The molecule has 1 aromatic carbocycles. The van der Waals surface area contributed by atoms with Gasteiger partial charge >= 0.3 is 0 Å². The topological polar surface area (TPSA) is 56.1 Å². The Hall–Kier alpha value is -2.11. The first-order valence-electron chi connectivity index (χ1n) is 9.92. The second-order valence-electron chi connectivity index (χ2n) is 7.11. The Balaban J connectivity index is 1.27. The lowest BCUT2D eigenvalue weighted by Gasteiger charge is -2.34. The van der Waals surface area contributed by atoms with Gasteiger partial charge in [0.25, 0.3) is 0 Å². The van der Waals surface area contributed by atoms with Crippen LogP contribution in [0.15, 0.2) is 53.2 Å². The van der Waals surface area contributed by atoms with Crippen molar-refractivity contribution < 1.29 is 4.79 Å². The van der Waals surface area contributed by atoms with Crippen LogP contribution in [-0.2, 0) is 17.0 Å². The van der Waals surface area contributed by atoms with E-state index in [2.05, 4.69) is 45.2 Å². The highest BCUT2D eigenvalue weighted by Gasteiger charge is 2.31. The molecule has 0 spiro atoms. The molecule has 0 aliphatic carbocycles. The molecule has 154 valence electrons. The van der Waals surface area contributed by atoms with Gasteiger partial charge in [0.2, 0.25) is 5.91 Å². The minimum absolute atomic E-state index is 0.0771. The third-order valence-corrected chi connectivity index (χ3v) is 8.12. The monoisotopic (exact) mass is 453 g/mol. The molecule has 1 aliphatic heterocycles. The van der Waals surface area contributed by atoms with Crippen molar-refractivity contribution in [1.29, 1.82) is 5.26 Å². The molecule has 7 heteroatoms. The summed E-state index contributed by atoms with van der Waals surface area (Å²) in [4.78, 5) is 17.7. The van der Waals surface area contributed by atoms with Crippen molar-refractivity contribution in [2.45, 2.75) is 18.2 Å². The van der Waals surface area contributed by atoms with Gasteiger partial charge in [0.05, 0.1) is 24.2 Å². The van der Waals surface area contributed by atoms with Gasteiger partial charge in [0.15, 0.2) is 0 Å². The number of thiophene rings is 2. The van der Waals surface area contributed by atoms with Gasteiger partial charge < -0.3 is 5.32 Å². The Morgan fingerprint density at radius 2 is 2.10 bits per heavy atom. The molecule has 0 radical (unpaired) electrons. The molecule has 2 aromatic heterocycles. The number of nitrogens with one attached hydrogen (secondary N) is 1. The van der Waals surface area contributed by atoms with Gasteiger partial charge in [-0.25, -0.2) is 0 Å². The highest BCUT2D eigenvalue weighted by molar-refractivity contribution is 7.98. The zero-order valence-corrected chi connectivity index (χ0v) is 19.0. The molecule has 3 aromatic rings. The smallest absolute Gasteiger partial charge is 0.234 e. The lowest BCUT2D eigenvalue weighted by Crippen LogP contribution is -2.42. The summed E-state index contributed by atoms with van der Waals surface area (Å²) in [6, 6.07) is 16.6. The number of benzene rings is 1. The zero-order chi connectivity index (χ0) is 20.8. The molecule has 0 fully saturated rings. The van der Waals surface area contributed by atoms with Crippen LogP contribution in [0.1, 0.15) is 32.5 Å². The average Bonchev–Trinajstić information content (AvgIpc) is 3.46. The predicted octanol–water partition coefficient (Wildman–Crippen LogP) is 4.68. The summed E-state index contributed by atoms with van der Waals surface area (Å²) in [5, 5.41) is 16.5. The molecule has 1 atom stereocenters. The summed E-state index contributed by atoms with van der Waals surface area (Å²) in [7, 11) is 0. The predicted molar refractivity (Wildman–Crippen MR) is 126 cm³/mol. The molecule has 0 bridgehead atoms. The van der Waals surface area contributed by atoms with E-state index in [0.29, 0.717) is 13.1 Å². The van der Waals surface area contributed by atoms with Crippen LogP contribution in [0.3, 0.4) is 0 Å². The van der Waals surface area contributed by atoms with Crippen molar-refractivity contribution in [3.63, 3.8) is 0 Å². The minimum atomic E-state index is 0.0771. The van der Waals surface area contributed by atoms with Crippen LogP contribution < -0.4 is 5.32 Å².